The lowest BCUT2D eigenvalue weighted by molar-refractivity contribution is -0.121. The van der Waals surface area contributed by atoms with E-state index in [-0.39, 0.29) is 11.9 Å². The van der Waals surface area contributed by atoms with Gasteiger partial charge in [-0.05, 0) is 51.1 Å². The van der Waals surface area contributed by atoms with E-state index in [1.54, 1.807) is 18.2 Å². The van der Waals surface area contributed by atoms with Crippen molar-refractivity contribution in [2.75, 3.05) is 18.4 Å². The van der Waals surface area contributed by atoms with E-state index in [1.807, 2.05) is 13.0 Å². The lowest BCUT2D eigenvalue weighted by atomic mass is 10.1. The molecule has 0 unspecified atom stereocenters. The highest BCUT2D eigenvalue weighted by molar-refractivity contribution is 6.32. The average molecular weight is 292 g/mol. The molecule has 1 fully saturated rings. The molecule has 1 amide bonds. The Balaban J connectivity index is 2.00. The van der Waals surface area contributed by atoms with Crippen molar-refractivity contribution >= 4 is 23.2 Å². The summed E-state index contributed by atoms with van der Waals surface area (Å²) in [4.78, 5) is 14.4. The van der Waals surface area contributed by atoms with Crippen LogP contribution in [0.1, 0.15) is 31.7 Å². The van der Waals surface area contributed by atoms with Crippen molar-refractivity contribution in [1.29, 1.82) is 5.26 Å². The number of amides is 1. The van der Waals surface area contributed by atoms with Crippen molar-refractivity contribution in [2.24, 2.45) is 0 Å². The highest BCUT2D eigenvalue weighted by Gasteiger charge is 2.22. The summed E-state index contributed by atoms with van der Waals surface area (Å²) in [6.45, 7) is 3.87. The topological polar surface area (TPSA) is 56.1 Å². The molecule has 0 aromatic heterocycles. The van der Waals surface area contributed by atoms with Gasteiger partial charge in [0.2, 0.25) is 5.91 Å². The van der Waals surface area contributed by atoms with E-state index >= 15 is 0 Å². The molecule has 0 saturated carbocycles. The molecule has 1 aromatic carbocycles. The summed E-state index contributed by atoms with van der Waals surface area (Å²) in [5, 5.41) is 12.0. The van der Waals surface area contributed by atoms with Gasteiger partial charge in [0.15, 0.2) is 0 Å². The van der Waals surface area contributed by atoms with Gasteiger partial charge < -0.3 is 5.32 Å². The van der Waals surface area contributed by atoms with Crippen LogP contribution in [-0.4, -0.2) is 29.9 Å². The normalized spacial score (nSPS) is 17.2. The van der Waals surface area contributed by atoms with Crippen LogP contribution in [-0.2, 0) is 4.79 Å². The summed E-state index contributed by atoms with van der Waals surface area (Å²) in [5.41, 5.74) is 1.04. The monoisotopic (exact) mass is 291 g/mol. The van der Waals surface area contributed by atoms with Gasteiger partial charge in [0.05, 0.1) is 16.6 Å². The first-order valence-electron chi connectivity index (χ1n) is 6.86. The number of hydrogen-bond acceptors (Lipinski definition) is 3. The molecule has 1 N–H and O–H groups in total. The quantitative estimate of drug-likeness (QED) is 0.931. The van der Waals surface area contributed by atoms with E-state index in [1.165, 1.54) is 6.42 Å². The molecule has 1 aliphatic heterocycles. The fourth-order valence-electron chi connectivity index (χ4n) is 2.40. The molecule has 1 aliphatic rings. The van der Waals surface area contributed by atoms with Gasteiger partial charge in [-0.25, -0.2) is 0 Å². The number of piperidine rings is 1. The van der Waals surface area contributed by atoms with E-state index < -0.39 is 0 Å². The number of carbonyl (C=O) groups is 1. The fourth-order valence-corrected chi connectivity index (χ4v) is 2.62. The van der Waals surface area contributed by atoms with Crippen molar-refractivity contribution in [2.45, 2.75) is 32.2 Å². The number of nitrogens with zero attached hydrogens (tertiary/aromatic N) is 2. The molecule has 1 atom stereocenters. The average Bonchev–Trinajstić information content (AvgIpc) is 2.47. The Morgan fingerprint density at radius 2 is 2.10 bits per heavy atom. The summed E-state index contributed by atoms with van der Waals surface area (Å²) in [6, 6.07) is 6.78. The number of nitrogens with one attached hydrogen (secondary N) is 1. The molecule has 20 heavy (non-hydrogen) atoms. The minimum absolute atomic E-state index is 0.0346. The predicted molar refractivity (Wildman–Crippen MR) is 79.7 cm³/mol. The van der Waals surface area contributed by atoms with Crippen LogP contribution < -0.4 is 5.32 Å². The zero-order valence-corrected chi connectivity index (χ0v) is 12.3. The van der Waals surface area contributed by atoms with Gasteiger partial charge in [0, 0.05) is 5.69 Å². The predicted octanol–water partition coefficient (Wildman–Crippen LogP) is 3.02. The second kappa shape index (κ2) is 6.74. The minimum atomic E-state index is -0.148. The fraction of sp³-hybridized carbons (Fsp3) is 0.467. The van der Waals surface area contributed by atoms with Crippen LogP contribution >= 0.6 is 11.6 Å². The van der Waals surface area contributed by atoms with E-state index in [4.69, 9.17) is 16.9 Å². The second-order valence-electron chi connectivity index (χ2n) is 5.07. The molecule has 0 spiro atoms. The Hall–Kier alpha value is -1.57. The van der Waals surface area contributed by atoms with Gasteiger partial charge in [0.1, 0.15) is 6.07 Å². The lowest BCUT2D eigenvalue weighted by Gasteiger charge is -2.31. The van der Waals surface area contributed by atoms with Gasteiger partial charge >= 0.3 is 0 Å². The van der Waals surface area contributed by atoms with Gasteiger partial charge in [0.25, 0.3) is 0 Å². The molecule has 106 valence electrons. The van der Waals surface area contributed by atoms with Crippen LogP contribution in [0.2, 0.25) is 5.02 Å². The summed E-state index contributed by atoms with van der Waals surface area (Å²) in [5.74, 6) is -0.0346. The number of benzene rings is 1. The Bertz CT molecular complexity index is 532. The highest BCUT2D eigenvalue weighted by Crippen LogP contribution is 2.21. The maximum Gasteiger partial charge on any atom is 0.241 e. The van der Waals surface area contributed by atoms with Gasteiger partial charge in [-0.2, -0.15) is 5.26 Å². The van der Waals surface area contributed by atoms with E-state index in [0.717, 1.165) is 25.9 Å². The van der Waals surface area contributed by atoms with Crippen LogP contribution in [0.15, 0.2) is 18.2 Å². The highest BCUT2D eigenvalue weighted by atomic mass is 35.5. The van der Waals surface area contributed by atoms with Crippen LogP contribution in [0.5, 0.6) is 0 Å². The van der Waals surface area contributed by atoms with E-state index in [2.05, 4.69) is 10.2 Å². The summed E-state index contributed by atoms with van der Waals surface area (Å²) in [6.07, 6.45) is 3.55. The molecule has 1 aromatic rings. The molecule has 0 radical (unpaired) electrons. The van der Waals surface area contributed by atoms with Gasteiger partial charge in [-0.1, -0.05) is 18.0 Å². The van der Waals surface area contributed by atoms with Crippen molar-refractivity contribution in [3.63, 3.8) is 0 Å². The third-order valence-corrected chi connectivity index (χ3v) is 3.99. The molecule has 5 heteroatoms. The second-order valence-corrected chi connectivity index (χ2v) is 5.48. The lowest BCUT2D eigenvalue weighted by Crippen LogP contribution is -2.44. The summed E-state index contributed by atoms with van der Waals surface area (Å²) < 4.78 is 0. The molecular formula is C15H18ClN3O. The van der Waals surface area contributed by atoms with Crippen LogP contribution in [0.3, 0.4) is 0 Å². The maximum atomic E-state index is 12.2. The van der Waals surface area contributed by atoms with E-state index in [9.17, 15) is 4.79 Å². The van der Waals surface area contributed by atoms with Crippen molar-refractivity contribution in [1.82, 2.24) is 4.90 Å². The third kappa shape index (κ3) is 3.50. The van der Waals surface area contributed by atoms with Gasteiger partial charge in [-0.15, -0.1) is 0 Å². The smallest absolute Gasteiger partial charge is 0.241 e. The number of anilines is 1. The zero-order valence-electron chi connectivity index (χ0n) is 11.5. The SMILES string of the molecule is C[C@H](C(=O)Nc1ccc(C#N)c(Cl)c1)N1CCCCC1. The standard InChI is InChI=1S/C15H18ClN3O/c1-11(19-7-3-2-4-8-19)15(20)18-13-6-5-12(10-17)14(16)9-13/h5-6,9,11H,2-4,7-8H2,1H3,(H,18,20)/t11-/m1/s1. The number of hydrogen-bond donors (Lipinski definition) is 1. The van der Waals surface area contributed by atoms with Crippen LogP contribution in [0.4, 0.5) is 5.69 Å². The molecule has 0 bridgehead atoms. The van der Waals surface area contributed by atoms with Crippen molar-refractivity contribution in [3.05, 3.63) is 28.8 Å². The first kappa shape index (κ1) is 14.8. The van der Waals surface area contributed by atoms with Crippen molar-refractivity contribution < 1.29 is 4.79 Å². The minimum Gasteiger partial charge on any atom is -0.325 e. The number of likely N-dealkylation sites (tertiary alicyclic amines) is 1. The number of carbonyl (C=O) groups excluding carboxylic acids is 1. The number of halogens is 1. The van der Waals surface area contributed by atoms with Gasteiger partial charge in [-0.3, -0.25) is 9.69 Å². The summed E-state index contributed by atoms with van der Waals surface area (Å²) >= 11 is 5.96. The Morgan fingerprint density at radius 1 is 1.40 bits per heavy atom. The van der Waals surface area contributed by atoms with Crippen molar-refractivity contribution in [3.8, 4) is 6.07 Å². The largest absolute Gasteiger partial charge is 0.325 e. The molecule has 1 saturated heterocycles. The Labute approximate surface area is 124 Å². The molecule has 4 nitrogen and oxygen atoms in total. The number of nitriles is 1. The first-order chi connectivity index (χ1) is 9.61. The van der Waals surface area contributed by atoms with Crippen LogP contribution in [0.25, 0.3) is 0 Å². The Morgan fingerprint density at radius 3 is 2.70 bits per heavy atom. The Kier molecular flexibility index (Phi) is 4.99. The molecule has 0 aliphatic carbocycles. The first-order valence-corrected chi connectivity index (χ1v) is 7.24. The molecule has 1 heterocycles. The summed E-state index contributed by atoms with van der Waals surface area (Å²) in [7, 11) is 0. The van der Waals surface area contributed by atoms with Crippen LogP contribution in [0, 0.1) is 11.3 Å². The van der Waals surface area contributed by atoms with E-state index in [0.29, 0.717) is 16.3 Å². The molecule has 2 rings (SSSR count). The maximum absolute atomic E-state index is 12.2. The number of rotatable bonds is 3. The third-order valence-electron chi connectivity index (χ3n) is 3.67. The molecular weight excluding hydrogens is 274 g/mol. The zero-order chi connectivity index (χ0) is 14.5.